The number of halogens is 1. The number of nitrogens with zero attached hydrogens (tertiary/aromatic N) is 1. The standard InChI is InChI=1S/C14H15FN2O4/c15-11-5-2-1-4-10(11)9-21-13(19)6-3-7-17-12(18)8-16-14(17)20/h1-2,4-5H,3,6-9H2,(H,16,20). The molecule has 21 heavy (non-hydrogen) atoms. The number of urea groups is 1. The van der Waals surface area contributed by atoms with Gasteiger partial charge in [-0.2, -0.15) is 0 Å². The number of amides is 3. The van der Waals surface area contributed by atoms with Gasteiger partial charge < -0.3 is 10.1 Å². The minimum atomic E-state index is -0.495. The van der Waals surface area contributed by atoms with E-state index in [0.717, 1.165) is 4.90 Å². The van der Waals surface area contributed by atoms with Crippen molar-refractivity contribution in [1.82, 2.24) is 10.2 Å². The SMILES string of the molecule is O=C(CCCN1C(=O)CNC1=O)OCc1ccccc1F. The first kappa shape index (κ1) is 15.0. The van der Waals surface area contributed by atoms with Gasteiger partial charge in [0.25, 0.3) is 0 Å². The summed E-state index contributed by atoms with van der Waals surface area (Å²) in [7, 11) is 0. The Morgan fingerprint density at radius 3 is 2.76 bits per heavy atom. The second-order valence-electron chi connectivity index (χ2n) is 4.56. The largest absolute Gasteiger partial charge is 0.461 e. The van der Waals surface area contributed by atoms with Crippen LogP contribution in [0.4, 0.5) is 9.18 Å². The lowest BCUT2D eigenvalue weighted by Crippen LogP contribution is -2.32. The number of imide groups is 1. The number of hydrogen-bond acceptors (Lipinski definition) is 4. The van der Waals surface area contributed by atoms with E-state index in [0.29, 0.717) is 12.0 Å². The van der Waals surface area contributed by atoms with E-state index in [1.165, 1.54) is 12.1 Å². The summed E-state index contributed by atoms with van der Waals surface area (Å²) >= 11 is 0. The Hall–Kier alpha value is -2.44. The molecule has 0 radical (unpaired) electrons. The molecule has 1 heterocycles. The van der Waals surface area contributed by atoms with E-state index in [2.05, 4.69) is 5.32 Å². The second-order valence-corrected chi connectivity index (χ2v) is 4.56. The molecule has 0 aliphatic carbocycles. The maximum Gasteiger partial charge on any atom is 0.324 e. The Bertz CT molecular complexity index is 546. The molecule has 1 aliphatic rings. The zero-order valence-electron chi connectivity index (χ0n) is 11.3. The predicted molar refractivity (Wildman–Crippen MR) is 70.5 cm³/mol. The molecule has 0 unspecified atom stereocenters. The highest BCUT2D eigenvalue weighted by Gasteiger charge is 2.27. The highest BCUT2D eigenvalue weighted by Crippen LogP contribution is 2.09. The Balaban J connectivity index is 1.69. The molecule has 112 valence electrons. The van der Waals surface area contributed by atoms with Crippen molar-refractivity contribution in [3.63, 3.8) is 0 Å². The van der Waals surface area contributed by atoms with Gasteiger partial charge in [0.05, 0.1) is 6.54 Å². The molecule has 0 spiro atoms. The van der Waals surface area contributed by atoms with Crippen molar-refractivity contribution in [2.45, 2.75) is 19.4 Å². The fourth-order valence-electron chi connectivity index (χ4n) is 1.91. The van der Waals surface area contributed by atoms with Crippen LogP contribution in [0.3, 0.4) is 0 Å². The summed E-state index contributed by atoms with van der Waals surface area (Å²) in [4.78, 5) is 35.1. The van der Waals surface area contributed by atoms with Crippen LogP contribution in [-0.2, 0) is 20.9 Å². The molecule has 0 atom stereocenters. The van der Waals surface area contributed by atoms with Gasteiger partial charge >= 0.3 is 12.0 Å². The number of carbonyl (C=O) groups is 3. The Labute approximate surface area is 120 Å². The summed E-state index contributed by atoms with van der Waals surface area (Å²) in [6.45, 7) is 0.0324. The lowest BCUT2D eigenvalue weighted by Gasteiger charge is -2.11. The topological polar surface area (TPSA) is 75.7 Å². The lowest BCUT2D eigenvalue weighted by molar-refractivity contribution is -0.145. The Morgan fingerprint density at radius 2 is 2.10 bits per heavy atom. The first-order valence-corrected chi connectivity index (χ1v) is 6.55. The molecule has 1 aliphatic heterocycles. The van der Waals surface area contributed by atoms with Gasteiger partial charge in [0.15, 0.2) is 0 Å². The van der Waals surface area contributed by atoms with Crippen molar-refractivity contribution in [3.8, 4) is 0 Å². The normalized spacial score (nSPS) is 14.2. The minimum absolute atomic E-state index is 0.00341. The van der Waals surface area contributed by atoms with E-state index in [1.54, 1.807) is 12.1 Å². The number of carbonyl (C=O) groups excluding carboxylic acids is 3. The fourth-order valence-corrected chi connectivity index (χ4v) is 1.91. The van der Waals surface area contributed by atoms with E-state index >= 15 is 0 Å². The van der Waals surface area contributed by atoms with Crippen LogP contribution in [0.2, 0.25) is 0 Å². The molecule has 2 rings (SSSR count). The van der Waals surface area contributed by atoms with Crippen molar-refractivity contribution in [2.24, 2.45) is 0 Å². The number of rotatable bonds is 6. The highest BCUT2D eigenvalue weighted by molar-refractivity contribution is 6.01. The summed E-state index contributed by atoms with van der Waals surface area (Å²) < 4.78 is 18.2. The fraction of sp³-hybridized carbons (Fsp3) is 0.357. The molecule has 6 nitrogen and oxygen atoms in total. The van der Waals surface area contributed by atoms with Crippen LogP contribution in [0.15, 0.2) is 24.3 Å². The van der Waals surface area contributed by atoms with Crippen LogP contribution in [0, 0.1) is 5.82 Å². The van der Waals surface area contributed by atoms with Gasteiger partial charge in [0.1, 0.15) is 12.4 Å². The molecular weight excluding hydrogens is 279 g/mol. The van der Waals surface area contributed by atoms with Crippen molar-refractivity contribution in [3.05, 3.63) is 35.6 Å². The average Bonchev–Trinajstić information content (AvgIpc) is 2.78. The van der Waals surface area contributed by atoms with Gasteiger partial charge in [0.2, 0.25) is 5.91 Å². The van der Waals surface area contributed by atoms with Crippen LogP contribution in [-0.4, -0.2) is 35.9 Å². The number of hydrogen-bond donors (Lipinski definition) is 1. The third-order valence-electron chi connectivity index (χ3n) is 3.05. The summed E-state index contributed by atoms with van der Waals surface area (Å²) in [6.07, 6.45) is 0.376. The Kier molecular flexibility index (Phi) is 4.86. The van der Waals surface area contributed by atoms with Gasteiger partial charge in [-0.1, -0.05) is 18.2 Å². The molecule has 1 fully saturated rings. The van der Waals surface area contributed by atoms with Crippen molar-refractivity contribution in [1.29, 1.82) is 0 Å². The summed E-state index contributed by atoms with van der Waals surface area (Å²) in [5.74, 6) is -1.23. The van der Waals surface area contributed by atoms with E-state index in [1.807, 2.05) is 0 Å². The number of esters is 1. The van der Waals surface area contributed by atoms with Crippen molar-refractivity contribution in [2.75, 3.05) is 13.1 Å². The summed E-state index contributed by atoms with van der Waals surface area (Å²) in [5.41, 5.74) is 0.306. The highest BCUT2D eigenvalue weighted by atomic mass is 19.1. The number of benzene rings is 1. The quantitative estimate of drug-likeness (QED) is 0.632. The molecule has 1 saturated heterocycles. The van der Waals surface area contributed by atoms with Gasteiger partial charge in [-0.15, -0.1) is 0 Å². The lowest BCUT2D eigenvalue weighted by atomic mass is 10.2. The molecule has 3 amide bonds. The van der Waals surface area contributed by atoms with Gasteiger partial charge in [-0.05, 0) is 12.5 Å². The van der Waals surface area contributed by atoms with Crippen molar-refractivity contribution >= 4 is 17.9 Å². The zero-order valence-corrected chi connectivity index (χ0v) is 11.3. The van der Waals surface area contributed by atoms with E-state index < -0.39 is 17.8 Å². The van der Waals surface area contributed by atoms with Crippen LogP contribution in [0.5, 0.6) is 0 Å². The molecule has 0 bridgehead atoms. The molecular formula is C14H15FN2O4. The van der Waals surface area contributed by atoms with Crippen molar-refractivity contribution < 1.29 is 23.5 Å². The van der Waals surface area contributed by atoms with E-state index in [4.69, 9.17) is 4.74 Å². The van der Waals surface area contributed by atoms with Gasteiger partial charge in [-0.25, -0.2) is 9.18 Å². The summed E-state index contributed by atoms with van der Waals surface area (Å²) in [6, 6.07) is 5.60. The smallest absolute Gasteiger partial charge is 0.324 e. The predicted octanol–water partition coefficient (Wildman–Crippen LogP) is 1.20. The molecule has 7 heteroatoms. The third-order valence-corrected chi connectivity index (χ3v) is 3.05. The number of ether oxygens (including phenoxy) is 1. The van der Waals surface area contributed by atoms with Crippen LogP contribution in [0.1, 0.15) is 18.4 Å². The van der Waals surface area contributed by atoms with Gasteiger partial charge in [-0.3, -0.25) is 14.5 Å². The molecule has 1 N–H and O–H groups in total. The maximum atomic E-state index is 13.3. The monoisotopic (exact) mass is 294 g/mol. The molecule has 0 aromatic heterocycles. The maximum absolute atomic E-state index is 13.3. The first-order valence-electron chi connectivity index (χ1n) is 6.55. The first-order chi connectivity index (χ1) is 10.1. The van der Waals surface area contributed by atoms with Gasteiger partial charge in [0, 0.05) is 18.5 Å². The second kappa shape index (κ2) is 6.83. The summed E-state index contributed by atoms with van der Waals surface area (Å²) in [5, 5.41) is 2.39. The van der Waals surface area contributed by atoms with E-state index in [-0.39, 0.29) is 32.0 Å². The van der Waals surface area contributed by atoms with Crippen LogP contribution < -0.4 is 5.32 Å². The van der Waals surface area contributed by atoms with Crippen LogP contribution in [0.25, 0.3) is 0 Å². The van der Waals surface area contributed by atoms with E-state index in [9.17, 15) is 18.8 Å². The third kappa shape index (κ3) is 4.01. The zero-order chi connectivity index (χ0) is 15.2. The minimum Gasteiger partial charge on any atom is -0.461 e. The molecule has 1 aromatic carbocycles. The Morgan fingerprint density at radius 1 is 1.33 bits per heavy atom. The number of nitrogens with one attached hydrogen (secondary N) is 1. The molecule has 0 saturated carbocycles. The molecule has 1 aromatic rings. The average molecular weight is 294 g/mol. The van der Waals surface area contributed by atoms with Crippen LogP contribution >= 0.6 is 0 Å².